The minimum absolute atomic E-state index is 0.0285. The van der Waals surface area contributed by atoms with Gasteiger partial charge in [-0.2, -0.15) is 0 Å². The Morgan fingerprint density at radius 1 is 1.00 bits per heavy atom. The second-order valence-corrected chi connectivity index (χ2v) is 4.83. The summed E-state index contributed by atoms with van der Waals surface area (Å²) in [6.45, 7) is 5.49. The van der Waals surface area contributed by atoms with E-state index in [-0.39, 0.29) is 11.3 Å². The summed E-state index contributed by atoms with van der Waals surface area (Å²) in [4.78, 5) is 12.3. The van der Waals surface area contributed by atoms with E-state index in [9.17, 15) is 9.18 Å². The van der Waals surface area contributed by atoms with Gasteiger partial charge >= 0.3 is 0 Å². The SMILES string of the molecule is Cc1ccc(C(=O)c2cc(N)cc(C)c2F)cc1C. The summed E-state index contributed by atoms with van der Waals surface area (Å²) >= 11 is 0. The van der Waals surface area contributed by atoms with Gasteiger partial charge in [0.25, 0.3) is 0 Å². The summed E-state index contributed by atoms with van der Waals surface area (Å²) < 4.78 is 14.0. The van der Waals surface area contributed by atoms with Crippen molar-refractivity contribution in [2.45, 2.75) is 20.8 Å². The first-order valence-electron chi connectivity index (χ1n) is 6.07. The molecule has 2 nitrogen and oxygen atoms in total. The Bertz CT molecular complexity index is 662. The standard InChI is InChI=1S/C16H16FNO/c1-9-4-5-12(6-10(9)2)16(19)14-8-13(18)7-11(3)15(14)17/h4-8H,18H2,1-3H3. The molecule has 2 N–H and O–H groups in total. The lowest BCUT2D eigenvalue weighted by molar-refractivity contribution is 0.103. The highest BCUT2D eigenvalue weighted by Crippen LogP contribution is 2.21. The van der Waals surface area contributed by atoms with Gasteiger partial charge in [0.2, 0.25) is 0 Å². The van der Waals surface area contributed by atoms with Gasteiger partial charge in [-0.1, -0.05) is 12.1 Å². The molecule has 0 aliphatic heterocycles. The molecule has 2 aromatic rings. The van der Waals surface area contributed by atoms with Crippen molar-refractivity contribution in [1.82, 2.24) is 0 Å². The van der Waals surface area contributed by atoms with Crippen LogP contribution in [0.2, 0.25) is 0 Å². The number of benzene rings is 2. The van der Waals surface area contributed by atoms with E-state index in [1.165, 1.54) is 12.1 Å². The Kier molecular flexibility index (Phi) is 3.38. The summed E-state index contributed by atoms with van der Waals surface area (Å²) in [5, 5.41) is 0. The number of nitrogens with two attached hydrogens (primary N) is 1. The maximum Gasteiger partial charge on any atom is 0.196 e. The maximum absolute atomic E-state index is 14.0. The Labute approximate surface area is 112 Å². The van der Waals surface area contributed by atoms with Crippen LogP contribution in [0.1, 0.15) is 32.6 Å². The number of ketones is 1. The molecule has 0 amide bonds. The monoisotopic (exact) mass is 257 g/mol. The number of carbonyl (C=O) groups is 1. The van der Waals surface area contributed by atoms with Crippen molar-refractivity contribution < 1.29 is 9.18 Å². The summed E-state index contributed by atoms with van der Waals surface area (Å²) in [6, 6.07) is 8.25. The molecule has 2 rings (SSSR count). The van der Waals surface area contributed by atoms with Crippen LogP contribution in [0.4, 0.5) is 10.1 Å². The molecule has 0 unspecified atom stereocenters. The van der Waals surface area contributed by atoms with Crippen molar-refractivity contribution in [3.63, 3.8) is 0 Å². The van der Waals surface area contributed by atoms with Gasteiger partial charge in [-0.05, 0) is 55.7 Å². The van der Waals surface area contributed by atoms with Crippen LogP contribution in [0, 0.1) is 26.6 Å². The van der Waals surface area contributed by atoms with Crippen molar-refractivity contribution in [3.8, 4) is 0 Å². The molecule has 0 aromatic heterocycles. The summed E-state index contributed by atoms with van der Waals surface area (Å²) in [5.41, 5.74) is 9.07. The number of carbonyl (C=O) groups excluding carboxylic acids is 1. The zero-order valence-corrected chi connectivity index (χ0v) is 11.3. The fourth-order valence-corrected chi connectivity index (χ4v) is 2.00. The van der Waals surface area contributed by atoms with Crippen LogP contribution >= 0.6 is 0 Å². The first-order chi connectivity index (χ1) is 8.90. The van der Waals surface area contributed by atoms with Gasteiger partial charge in [0, 0.05) is 11.3 Å². The highest BCUT2D eigenvalue weighted by molar-refractivity contribution is 6.09. The van der Waals surface area contributed by atoms with E-state index < -0.39 is 5.82 Å². The molecule has 19 heavy (non-hydrogen) atoms. The van der Waals surface area contributed by atoms with Crippen LogP contribution in [0.3, 0.4) is 0 Å². The van der Waals surface area contributed by atoms with E-state index in [1.54, 1.807) is 19.1 Å². The minimum Gasteiger partial charge on any atom is -0.399 e. The molecule has 0 saturated heterocycles. The van der Waals surface area contributed by atoms with Gasteiger partial charge in [-0.3, -0.25) is 4.79 Å². The topological polar surface area (TPSA) is 43.1 Å². The third-order valence-electron chi connectivity index (χ3n) is 3.29. The lowest BCUT2D eigenvalue weighted by Gasteiger charge is -2.08. The first kappa shape index (κ1) is 13.3. The molecule has 0 aliphatic carbocycles. The van der Waals surface area contributed by atoms with Crippen LogP contribution in [0.5, 0.6) is 0 Å². The van der Waals surface area contributed by atoms with Crippen molar-refractivity contribution >= 4 is 11.5 Å². The normalized spacial score (nSPS) is 10.5. The molecule has 3 heteroatoms. The minimum atomic E-state index is -0.502. The van der Waals surface area contributed by atoms with Crippen LogP contribution in [-0.4, -0.2) is 5.78 Å². The summed E-state index contributed by atoms with van der Waals surface area (Å²) in [7, 11) is 0. The van der Waals surface area contributed by atoms with E-state index in [0.29, 0.717) is 16.8 Å². The number of nitrogen functional groups attached to an aromatic ring is 1. The number of aryl methyl sites for hydroxylation is 3. The van der Waals surface area contributed by atoms with Crippen molar-refractivity contribution in [2.75, 3.05) is 5.73 Å². The Morgan fingerprint density at radius 2 is 1.68 bits per heavy atom. The van der Waals surface area contributed by atoms with E-state index in [1.807, 2.05) is 19.9 Å². The van der Waals surface area contributed by atoms with E-state index in [2.05, 4.69) is 0 Å². The van der Waals surface area contributed by atoms with Crippen LogP contribution in [0.25, 0.3) is 0 Å². The number of hydrogen-bond acceptors (Lipinski definition) is 2. The van der Waals surface area contributed by atoms with E-state index in [0.717, 1.165) is 11.1 Å². The molecule has 0 spiro atoms. The number of rotatable bonds is 2. The summed E-state index contributed by atoms with van der Waals surface area (Å²) in [6.07, 6.45) is 0. The molecule has 98 valence electrons. The lowest BCUT2D eigenvalue weighted by Crippen LogP contribution is -2.07. The zero-order chi connectivity index (χ0) is 14.2. The van der Waals surface area contributed by atoms with Crippen molar-refractivity contribution in [1.29, 1.82) is 0 Å². The number of anilines is 1. The van der Waals surface area contributed by atoms with Gasteiger partial charge in [0.05, 0.1) is 5.56 Å². The first-order valence-corrected chi connectivity index (χ1v) is 6.07. The lowest BCUT2D eigenvalue weighted by atomic mass is 9.97. The van der Waals surface area contributed by atoms with Gasteiger partial charge in [-0.15, -0.1) is 0 Å². The Hall–Kier alpha value is -2.16. The smallest absolute Gasteiger partial charge is 0.196 e. The number of hydrogen-bond donors (Lipinski definition) is 1. The average molecular weight is 257 g/mol. The average Bonchev–Trinajstić information content (AvgIpc) is 2.36. The van der Waals surface area contributed by atoms with Gasteiger partial charge in [0.15, 0.2) is 5.78 Å². The molecule has 0 aliphatic rings. The molecule has 0 saturated carbocycles. The molecule has 0 atom stereocenters. The Morgan fingerprint density at radius 3 is 2.32 bits per heavy atom. The van der Waals surface area contributed by atoms with Gasteiger partial charge in [-0.25, -0.2) is 4.39 Å². The molecule has 0 bridgehead atoms. The molecular formula is C16H16FNO. The molecule has 0 heterocycles. The van der Waals surface area contributed by atoms with Gasteiger partial charge < -0.3 is 5.73 Å². The third kappa shape index (κ3) is 2.50. The molecule has 0 radical (unpaired) electrons. The largest absolute Gasteiger partial charge is 0.399 e. The van der Waals surface area contributed by atoms with Crippen LogP contribution in [0.15, 0.2) is 30.3 Å². The Balaban J connectivity index is 2.53. The number of halogens is 1. The van der Waals surface area contributed by atoms with Gasteiger partial charge in [0.1, 0.15) is 5.82 Å². The molecular weight excluding hydrogens is 241 g/mol. The zero-order valence-electron chi connectivity index (χ0n) is 11.3. The predicted octanol–water partition coefficient (Wildman–Crippen LogP) is 3.56. The second-order valence-electron chi connectivity index (χ2n) is 4.83. The highest BCUT2D eigenvalue weighted by Gasteiger charge is 2.16. The van der Waals surface area contributed by atoms with Crippen LogP contribution < -0.4 is 5.73 Å². The highest BCUT2D eigenvalue weighted by atomic mass is 19.1. The summed E-state index contributed by atoms with van der Waals surface area (Å²) in [5.74, 6) is -0.839. The predicted molar refractivity (Wildman–Crippen MR) is 74.9 cm³/mol. The quantitative estimate of drug-likeness (QED) is 0.660. The van der Waals surface area contributed by atoms with Crippen molar-refractivity contribution in [3.05, 3.63) is 64.0 Å². The third-order valence-corrected chi connectivity index (χ3v) is 3.29. The fraction of sp³-hybridized carbons (Fsp3) is 0.188. The van der Waals surface area contributed by atoms with E-state index >= 15 is 0 Å². The second kappa shape index (κ2) is 4.84. The fourth-order valence-electron chi connectivity index (χ4n) is 2.00. The van der Waals surface area contributed by atoms with E-state index in [4.69, 9.17) is 5.73 Å². The van der Waals surface area contributed by atoms with Crippen LogP contribution in [-0.2, 0) is 0 Å². The molecule has 0 fully saturated rings. The molecule has 2 aromatic carbocycles. The van der Waals surface area contributed by atoms with Crippen molar-refractivity contribution in [2.24, 2.45) is 0 Å². The maximum atomic E-state index is 14.0.